The minimum absolute atomic E-state index is 0.00201. The summed E-state index contributed by atoms with van der Waals surface area (Å²) in [5, 5.41) is 24.3. The summed E-state index contributed by atoms with van der Waals surface area (Å²) in [7, 11) is 0. The molecule has 2 aromatic rings. The van der Waals surface area contributed by atoms with Crippen molar-refractivity contribution >= 4 is 0 Å². The van der Waals surface area contributed by atoms with Gasteiger partial charge in [-0.3, -0.25) is 0 Å². The van der Waals surface area contributed by atoms with Crippen LogP contribution in [0.25, 0.3) is 0 Å². The molecule has 3 atom stereocenters. The molecule has 0 saturated carbocycles. The Labute approximate surface area is 150 Å². The predicted octanol–water partition coefficient (Wildman–Crippen LogP) is 2.51. The first-order chi connectivity index (χ1) is 12.3. The highest BCUT2D eigenvalue weighted by Gasteiger charge is 2.27. The van der Waals surface area contributed by atoms with Crippen molar-refractivity contribution in [3.63, 3.8) is 0 Å². The first-order valence-electron chi connectivity index (χ1n) is 9.15. The molecule has 1 saturated heterocycles. The van der Waals surface area contributed by atoms with Gasteiger partial charge in [0.2, 0.25) is 0 Å². The maximum absolute atomic E-state index is 11.0. The summed E-state index contributed by atoms with van der Waals surface area (Å²) < 4.78 is 0. The zero-order chi connectivity index (χ0) is 17.5. The van der Waals surface area contributed by atoms with E-state index >= 15 is 0 Å². The molecule has 3 N–H and O–H groups in total. The smallest absolute Gasteiger partial charge is 0.0955 e. The molecule has 0 bridgehead atoms. The van der Waals surface area contributed by atoms with Crippen LogP contribution in [0.15, 0.2) is 60.7 Å². The predicted molar refractivity (Wildman–Crippen MR) is 100 cm³/mol. The van der Waals surface area contributed by atoms with E-state index in [2.05, 4.69) is 10.2 Å². The molecule has 2 aromatic carbocycles. The third-order valence-electron chi connectivity index (χ3n) is 4.98. The van der Waals surface area contributed by atoms with E-state index in [1.807, 2.05) is 60.7 Å². The number of hydrogen-bond acceptors (Lipinski definition) is 4. The lowest BCUT2D eigenvalue weighted by Crippen LogP contribution is -2.46. The normalized spacial score (nSPS) is 18.8. The van der Waals surface area contributed by atoms with Crippen molar-refractivity contribution in [2.75, 3.05) is 26.2 Å². The SMILES string of the molecule is OC[C@@H](N[C@H](CN1CCCC1)[C@H](O)c1ccccc1)c1ccccc1. The van der Waals surface area contributed by atoms with E-state index < -0.39 is 6.10 Å². The van der Waals surface area contributed by atoms with Gasteiger partial charge in [-0.1, -0.05) is 60.7 Å². The number of aliphatic hydroxyl groups excluding tert-OH is 2. The summed E-state index contributed by atoms with van der Waals surface area (Å²) in [4.78, 5) is 2.39. The van der Waals surface area contributed by atoms with Crippen LogP contribution in [0.5, 0.6) is 0 Å². The second-order valence-electron chi connectivity index (χ2n) is 6.78. The molecule has 0 unspecified atom stereocenters. The second kappa shape index (κ2) is 9.11. The van der Waals surface area contributed by atoms with Gasteiger partial charge in [-0.2, -0.15) is 0 Å². The largest absolute Gasteiger partial charge is 0.394 e. The van der Waals surface area contributed by atoms with Gasteiger partial charge >= 0.3 is 0 Å². The number of likely N-dealkylation sites (tertiary alicyclic amines) is 1. The Morgan fingerprint density at radius 1 is 0.880 bits per heavy atom. The molecule has 0 aromatic heterocycles. The molecule has 1 fully saturated rings. The maximum Gasteiger partial charge on any atom is 0.0955 e. The number of nitrogens with one attached hydrogen (secondary N) is 1. The number of nitrogens with zero attached hydrogens (tertiary/aromatic N) is 1. The van der Waals surface area contributed by atoms with Crippen LogP contribution < -0.4 is 5.32 Å². The van der Waals surface area contributed by atoms with E-state index in [9.17, 15) is 10.2 Å². The molecule has 134 valence electrons. The Kier molecular flexibility index (Phi) is 6.59. The van der Waals surface area contributed by atoms with Crippen LogP contribution in [-0.2, 0) is 0 Å². The van der Waals surface area contributed by atoms with Crippen LogP contribution in [0.2, 0.25) is 0 Å². The molecule has 0 amide bonds. The third kappa shape index (κ3) is 4.89. The standard InChI is InChI=1S/C21H28N2O2/c24-16-20(17-9-3-1-4-10-17)22-19(15-23-13-7-8-14-23)21(25)18-11-5-2-6-12-18/h1-6,9-12,19-22,24-25H,7-8,13-16H2/t19-,20-,21-/m1/s1. The van der Waals surface area contributed by atoms with E-state index in [4.69, 9.17) is 0 Å². The fraction of sp³-hybridized carbons (Fsp3) is 0.429. The quantitative estimate of drug-likeness (QED) is 0.691. The average Bonchev–Trinajstić information content (AvgIpc) is 3.19. The zero-order valence-corrected chi connectivity index (χ0v) is 14.6. The molecule has 0 spiro atoms. The van der Waals surface area contributed by atoms with Gasteiger partial charge < -0.3 is 20.4 Å². The van der Waals surface area contributed by atoms with Crippen LogP contribution in [-0.4, -0.2) is 47.4 Å². The van der Waals surface area contributed by atoms with E-state index in [1.165, 1.54) is 12.8 Å². The lowest BCUT2D eigenvalue weighted by atomic mass is 9.99. The molecule has 3 rings (SSSR count). The van der Waals surface area contributed by atoms with Gasteiger partial charge in [0.05, 0.1) is 24.8 Å². The van der Waals surface area contributed by atoms with Crippen LogP contribution in [0.4, 0.5) is 0 Å². The Balaban J connectivity index is 1.77. The maximum atomic E-state index is 11.0. The highest BCUT2D eigenvalue weighted by molar-refractivity contribution is 5.22. The fourth-order valence-corrected chi connectivity index (χ4v) is 3.57. The molecule has 4 nitrogen and oxygen atoms in total. The molecule has 25 heavy (non-hydrogen) atoms. The van der Waals surface area contributed by atoms with Crippen molar-refractivity contribution < 1.29 is 10.2 Å². The number of rotatable bonds is 8. The van der Waals surface area contributed by atoms with Crippen molar-refractivity contribution in [1.29, 1.82) is 0 Å². The average molecular weight is 340 g/mol. The molecular weight excluding hydrogens is 312 g/mol. The highest BCUT2D eigenvalue weighted by atomic mass is 16.3. The van der Waals surface area contributed by atoms with Crippen LogP contribution in [0, 0.1) is 0 Å². The Bertz CT molecular complexity index is 614. The molecule has 0 aliphatic carbocycles. The Morgan fingerprint density at radius 3 is 2.00 bits per heavy atom. The second-order valence-corrected chi connectivity index (χ2v) is 6.78. The van der Waals surface area contributed by atoms with Crippen LogP contribution >= 0.6 is 0 Å². The van der Waals surface area contributed by atoms with Crippen molar-refractivity contribution in [3.05, 3.63) is 71.8 Å². The molecule has 0 radical (unpaired) electrons. The summed E-state index contributed by atoms with van der Waals surface area (Å²) in [6, 6.07) is 19.4. The van der Waals surface area contributed by atoms with Crippen molar-refractivity contribution in [1.82, 2.24) is 10.2 Å². The monoisotopic (exact) mass is 340 g/mol. The van der Waals surface area contributed by atoms with Gasteiger partial charge in [0.1, 0.15) is 0 Å². The minimum Gasteiger partial charge on any atom is -0.394 e. The van der Waals surface area contributed by atoms with Gasteiger partial charge in [-0.15, -0.1) is 0 Å². The van der Waals surface area contributed by atoms with E-state index in [-0.39, 0.29) is 18.7 Å². The number of benzene rings is 2. The number of hydrogen-bond donors (Lipinski definition) is 3. The molecule has 1 aliphatic heterocycles. The van der Waals surface area contributed by atoms with Crippen molar-refractivity contribution in [3.8, 4) is 0 Å². The topological polar surface area (TPSA) is 55.7 Å². The van der Waals surface area contributed by atoms with Gasteiger partial charge in [0.15, 0.2) is 0 Å². The van der Waals surface area contributed by atoms with Gasteiger partial charge in [0.25, 0.3) is 0 Å². The fourth-order valence-electron chi connectivity index (χ4n) is 3.57. The van der Waals surface area contributed by atoms with Gasteiger partial charge in [-0.05, 0) is 37.1 Å². The minimum atomic E-state index is -0.612. The summed E-state index contributed by atoms with van der Waals surface area (Å²) in [6.45, 7) is 2.94. The van der Waals surface area contributed by atoms with Crippen molar-refractivity contribution in [2.24, 2.45) is 0 Å². The van der Waals surface area contributed by atoms with Crippen LogP contribution in [0.1, 0.15) is 36.1 Å². The van der Waals surface area contributed by atoms with Gasteiger partial charge in [0, 0.05) is 6.54 Å². The highest BCUT2D eigenvalue weighted by Crippen LogP contribution is 2.22. The van der Waals surface area contributed by atoms with E-state index in [0.29, 0.717) is 0 Å². The zero-order valence-electron chi connectivity index (χ0n) is 14.6. The summed E-state index contributed by atoms with van der Waals surface area (Å²) in [6.07, 6.45) is 1.83. The summed E-state index contributed by atoms with van der Waals surface area (Å²) in [5.41, 5.74) is 1.95. The first kappa shape index (κ1) is 18.1. The number of aliphatic hydroxyl groups is 2. The Morgan fingerprint density at radius 2 is 1.44 bits per heavy atom. The van der Waals surface area contributed by atoms with E-state index in [0.717, 1.165) is 30.8 Å². The first-order valence-corrected chi connectivity index (χ1v) is 9.15. The molecular formula is C21H28N2O2. The Hall–Kier alpha value is -1.72. The lowest BCUT2D eigenvalue weighted by molar-refractivity contribution is 0.0915. The van der Waals surface area contributed by atoms with Crippen LogP contribution in [0.3, 0.4) is 0 Å². The lowest BCUT2D eigenvalue weighted by Gasteiger charge is -2.32. The summed E-state index contributed by atoms with van der Waals surface area (Å²) >= 11 is 0. The van der Waals surface area contributed by atoms with Crippen molar-refractivity contribution in [2.45, 2.75) is 31.0 Å². The van der Waals surface area contributed by atoms with E-state index in [1.54, 1.807) is 0 Å². The molecule has 4 heteroatoms. The molecule has 1 heterocycles. The third-order valence-corrected chi connectivity index (χ3v) is 4.98. The molecule has 1 aliphatic rings. The van der Waals surface area contributed by atoms with Gasteiger partial charge in [-0.25, -0.2) is 0 Å². The summed E-state index contributed by atoms with van der Waals surface area (Å²) in [5.74, 6) is 0.